The van der Waals surface area contributed by atoms with E-state index in [-0.39, 0.29) is 88.5 Å². The van der Waals surface area contributed by atoms with E-state index in [2.05, 4.69) is 52.8 Å². The normalized spacial score (nSPS) is 14.9. The van der Waals surface area contributed by atoms with E-state index in [0.717, 1.165) is 21.5 Å². The monoisotopic (exact) mass is 1490 g/mol. The van der Waals surface area contributed by atoms with Gasteiger partial charge in [-0.2, -0.15) is 0 Å². The summed E-state index contributed by atoms with van der Waals surface area (Å²) in [5, 5.41) is 49.9. The van der Waals surface area contributed by atoms with Gasteiger partial charge in [0.15, 0.2) is 5.96 Å². The van der Waals surface area contributed by atoms with Crippen molar-refractivity contribution in [3.05, 3.63) is 196 Å². The molecule has 0 aliphatic carbocycles. The Bertz CT molecular complexity index is 4310. The standard InChI is InChI=1S/C77H90Cl2N14O13/c1-44(2)34-59(68(98)86-58(14-8-32-83-77(81)82)76(106)93-33-9-15-66(93)75(105)84-42-67(80)97)87-72(102)63(40-49-16-24-51-10-4-6-12-53(51)35-49)89-71(101)62(39-48-22-30-57(96)31-23-48)91-74(104)65(43-94)92-73(103)64(41-50-17-25-52-11-5-7-13-54(52)36-50)90-70(100)61(38-47-20-28-56(79)29-21-47)88-69(99)60(85-45(3)95)37-46-18-26-55(78)27-19-46/h4-7,10-13,16-31,35-36,44,58-66,94,96H,8-9,14-15,32-34,37-43H2,1-3H3,(H2,80,97)(H,84,105)(H,85,95)(H,86,98)(H,87,102)(H,88,99)(H,89,101)(H,90,100)(H,91,104)(H,92,103)(H4,81,82,83)/t58-,59-,60+,61+,62-,63+,64+,65-,66-/m0/s1. The second kappa shape index (κ2) is 39.1. The first kappa shape index (κ1) is 80.5. The number of halogens is 2. The number of guanidine groups is 1. The van der Waals surface area contributed by atoms with Gasteiger partial charge in [0.1, 0.15) is 60.1 Å². The maximum absolute atomic E-state index is 15.3. The number of hydrogen-bond donors (Lipinski definition) is 14. The molecule has 560 valence electrons. The molecule has 8 rings (SSSR count). The molecule has 0 saturated carbocycles. The Morgan fingerprint density at radius 2 is 0.868 bits per heavy atom. The molecule has 0 spiro atoms. The zero-order valence-corrected chi connectivity index (χ0v) is 60.5. The van der Waals surface area contributed by atoms with Gasteiger partial charge in [0, 0.05) is 62.2 Å². The summed E-state index contributed by atoms with van der Waals surface area (Å²) in [6.07, 6.45) is 0.0166. The highest BCUT2D eigenvalue weighted by atomic mass is 35.5. The molecule has 0 aromatic heterocycles. The highest BCUT2D eigenvalue weighted by Crippen LogP contribution is 2.24. The number of hydrogen-bond acceptors (Lipinski definition) is 14. The Morgan fingerprint density at radius 3 is 1.29 bits per heavy atom. The van der Waals surface area contributed by atoms with Crippen LogP contribution < -0.4 is 65.1 Å². The number of fused-ring (bicyclic) bond motifs is 2. The number of carbonyl (C=O) groups excluding carboxylic acids is 11. The van der Waals surface area contributed by atoms with Crippen LogP contribution >= 0.6 is 23.2 Å². The van der Waals surface area contributed by atoms with E-state index in [9.17, 15) is 48.6 Å². The van der Waals surface area contributed by atoms with E-state index in [4.69, 9.17) is 40.4 Å². The van der Waals surface area contributed by atoms with Crippen molar-refractivity contribution in [2.75, 3.05) is 26.2 Å². The third-order valence-corrected chi connectivity index (χ3v) is 18.3. The fourth-order valence-corrected chi connectivity index (χ4v) is 12.7. The van der Waals surface area contributed by atoms with Gasteiger partial charge in [-0.25, -0.2) is 0 Å². The number of aromatic hydroxyl groups is 1. The summed E-state index contributed by atoms with van der Waals surface area (Å²) in [6.45, 7) is 3.53. The molecule has 106 heavy (non-hydrogen) atoms. The fraction of sp³-hybridized carbons (Fsp3) is 0.351. The fourth-order valence-electron chi connectivity index (χ4n) is 12.4. The highest BCUT2D eigenvalue weighted by molar-refractivity contribution is 6.30. The van der Waals surface area contributed by atoms with Crippen molar-refractivity contribution in [3.8, 4) is 5.75 Å². The van der Waals surface area contributed by atoms with Crippen LogP contribution in [0, 0.1) is 5.92 Å². The van der Waals surface area contributed by atoms with Crippen molar-refractivity contribution in [1.29, 1.82) is 0 Å². The number of nitrogens with one attached hydrogen (secondary N) is 9. The number of carbonyl (C=O) groups is 11. The summed E-state index contributed by atoms with van der Waals surface area (Å²) < 4.78 is 0. The van der Waals surface area contributed by atoms with Gasteiger partial charge in [0.2, 0.25) is 65.0 Å². The maximum atomic E-state index is 15.3. The predicted molar refractivity (Wildman–Crippen MR) is 402 cm³/mol. The average molecular weight is 1490 g/mol. The van der Waals surface area contributed by atoms with Crippen molar-refractivity contribution >= 4 is 116 Å². The lowest BCUT2D eigenvalue weighted by atomic mass is 9.98. The predicted octanol–water partition coefficient (Wildman–Crippen LogP) is 3.10. The molecule has 1 aliphatic rings. The molecule has 0 unspecified atom stereocenters. The first-order chi connectivity index (χ1) is 50.7. The van der Waals surface area contributed by atoms with Crippen molar-refractivity contribution in [3.63, 3.8) is 0 Å². The van der Waals surface area contributed by atoms with Gasteiger partial charge in [-0.05, 0) is 124 Å². The Kier molecular flexibility index (Phi) is 29.7. The number of likely N-dealkylation sites (tertiary alicyclic amines) is 1. The Balaban J connectivity index is 1.08. The maximum Gasteiger partial charge on any atom is 0.245 e. The summed E-state index contributed by atoms with van der Waals surface area (Å²) >= 11 is 12.4. The lowest BCUT2D eigenvalue weighted by molar-refractivity contribution is -0.142. The van der Waals surface area contributed by atoms with Crippen molar-refractivity contribution < 1.29 is 63.0 Å². The number of nitrogens with zero attached hydrogens (tertiary/aromatic N) is 2. The molecule has 0 bridgehead atoms. The topological polar surface area (TPSA) is 430 Å². The first-order valence-electron chi connectivity index (χ1n) is 34.8. The van der Waals surface area contributed by atoms with Gasteiger partial charge in [-0.3, -0.25) is 57.7 Å². The van der Waals surface area contributed by atoms with Crippen molar-refractivity contribution in [2.24, 2.45) is 28.1 Å². The molecule has 29 heteroatoms. The average Bonchev–Trinajstić information content (AvgIpc) is 1.40. The number of phenols is 1. The summed E-state index contributed by atoms with van der Waals surface area (Å²) in [6, 6.07) is 31.7. The SMILES string of the molecule is CC(=O)N[C@H](Cc1ccc(Cl)cc1)C(=O)N[C@H](Cc1ccc(Cl)cc1)C(=O)N[C@H](Cc1ccc2ccccc2c1)C(=O)N[C@@H](CO)C(=O)N[C@@H](Cc1ccc(O)cc1)C(=O)N[C@H](Cc1ccc2ccccc2c1)C(=O)N[C@@H](CC(C)C)C(=O)N[C@@H](CCCN=C(N)N)C(=O)N1CCC[C@H]1C(=O)NCC(N)=O. The number of benzene rings is 7. The molecule has 17 N–H and O–H groups in total. The summed E-state index contributed by atoms with van der Waals surface area (Å²) in [7, 11) is 0. The molecule has 27 nitrogen and oxygen atoms in total. The van der Waals surface area contributed by atoms with E-state index in [1.807, 2.05) is 72.8 Å². The molecule has 11 amide bonds. The van der Waals surface area contributed by atoms with Crippen LogP contribution in [0.2, 0.25) is 10.0 Å². The summed E-state index contributed by atoms with van der Waals surface area (Å²) in [4.78, 5) is 162. The molecule has 0 radical (unpaired) electrons. The smallest absolute Gasteiger partial charge is 0.245 e. The first-order valence-corrected chi connectivity index (χ1v) is 35.6. The minimum Gasteiger partial charge on any atom is -0.508 e. The Hall–Kier alpha value is -11.2. The number of rotatable bonds is 36. The number of phenolic OH excluding ortho intramolecular Hbond substituents is 1. The largest absolute Gasteiger partial charge is 0.508 e. The third-order valence-electron chi connectivity index (χ3n) is 17.8. The molecule has 1 fully saturated rings. The summed E-state index contributed by atoms with van der Waals surface area (Å²) in [5.74, 6) is -9.45. The van der Waals surface area contributed by atoms with Gasteiger partial charge in [0.25, 0.3) is 0 Å². The lowest BCUT2D eigenvalue weighted by Gasteiger charge is -2.30. The number of primary amides is 1. The van der Waals surface area contributed by atoms with E-state index < -0.39 is 133 Å². The van der Waals surface area contributed by atoms with Crippen LogP contribution in [0.3, 0.4) is 0 Å². The minimum absolute atomic E-state index is 0.000257. The lowest BCUT2D eigenvalue weighted by Crippen LogP contribution is -2.62. The van der Waals surface area contributed by atoms with Gasteiger partial charge in [0.05, 0.1) is 13.2 Å². The number of amides is 11. The van der Waals surface area contributed by atoms with Crippen LogP contribution in [0.5, 0.6) is 5.75 Å². The zero-order valence-electron chi connectivity index (χ0n) is 59.0. The van der Waals surface area contributed by atoms with Crippen LogP contribution in [0.1, 0.15) is 80.7 Å². The van der Waals surface area contributed by atoms with Crippen LogP contribution in [0.4, 0.5) is 0 Å². The van der Waals surface area contributed by atoms with E-state index in [1.54, 1.807) is 74.5 Å². The Morgan fingerprint density at radius 1 is 0.491 bits per heavy atom. The molecule has 9 atom stereocenters. The van der Waals surface area contributed by atoms with Gasteiger partial charge in [-0.15, -0.1) is 0 Å². The van der Waals surface area contributed by atoms with Crippen LogP contribution in [-0.2, 0) is 84.8 Å². The highest BCUT2D eigenvalue weighted by Gasteiger charge is 2.40. The number of aliphatic hydroxyl groups excluding tert-OH is 1. The van der Waals surface area contributed by atoms with Gasteiger partial charge in [-0.1, -0.05) is 158 Å². The molecule has 1 heterocycles. The molecular formula is C77H90Cl2N14O13. The van der Waals surface area contributed by atoms with E-state index in [1.165, 1.54) is 36.1 Å². The number of aliphatic hydroxyl groups is 1. The summed E-state index contributed by atoms with van der Waals surface area (Å²) in [5.41, 5.74) is 19.2. The molecule has 1 saturated heterocycles. The quantitative estimate of drug-likeness (QED) is 0.0152. The number of nitrogens with two attached hydrogens (primary N) is 3. The van der Waals surface area contributed by atoms with Crippen LogP contribution in [0.25, 0.3) is 21.5 Å². The third kappa shape index (κ3) is 24.5. The van der Waals surface area contributed by atoms with Crippen LogP contribution in [-0.4, -0.2) is 167 Å². The number of aliphatic imine (C=N–C) groups is 1. The molecule has 7 aromatic rings. The van der Waals surface area contributed by atoms with E-state index in [0.29, 0.717) is 44.3 Å². The second-order valence-electron chi connectivity index (χ2n) is 26.6. The van der Waals surface area contributed by atoms with E-state index >= 15 is 14.4 Å². The van der Waals surface area contributed by atoms with Gasteiger partial charge < -0.3 is 80.2 Å². The minimum atomic E-state index is -1.83. The van der Waals surface area contributed by atoms with Crippen molar-refractivity contribution in [2.45, 2.75) is 139 Å². The van der Waals surface area contributed by atoms with Gasteiger partial charge >= 0.3 is 0 Å². The zero-order chi connectivity index (χ0) is 76.6. The molecule has 7 aromatic carbocycles. The van der Waals surface area contributed by atoms with Crippen molar-refractivity contribution in [1.82, 2.24) is 52.8 Å². The molecule has 1 aliphatic heterocycles. The van der Waals surface area contributed by atoms with Crippen LogP contribution in [0.15, 0.2) is 163 Å². The Labute approximate surface area is 623 Å². The molecular weight excluding hydrogens is 1400 g/mol. The second-order valence-corrected chi connectivity index (χ2v) is 27.5.